The van der Waals surface area contributed by atoms with Crippen molar-refractivity contribution >= 4 is 63.8 Å². The SMILES string of the molecule is c1ccc(-c2cccc(-c3nc(Cc4cccc5sc6ccc(-c7ccc8c9ccccc9c9ccccc9c8c7)cc6c45)cc(-c4ccccc4)n3)c2)cc1. The lowest BCUT2D eigenvalue weighted by atomic mass is 9.91. The van der Waals surface area contributed by atoms with Crippen molar-refractivity contribution in [2.24, 2.45) is 0 Å². The minimum absolute atomic E-state index is 0.691. The van der Waals surface area contributed by atoms with E-state index < -0.39 is 0 Å². The third kappa shape index (κ3) is 5.64. The number of rotatable bonds is 6. The van der Waals surface area contributed by atoms with Crippen molar-refractivity contribution in [3.8, 4) is 44.9 Å². The van der Waals surface area contributed by atoms with E-state index in [-0.39, 0.29) is 0 Å². The molecule has 9 aromatic carbocycles. The van der Waals surface area contributed by atoms with Gasteiger partial charge in [-0.15, -0.1) is 11.3 Å². The summed E-state index contributed by atoms with van der Waals surface area (Å²) in [4.78, 5) is 10.4. The van der Waals surface area contributed by atoms with Gasteiger partial charge in [0, 0.05) is 43.4 Å². The first kappa shape index (κ1) is 32.5. The maximum Gasteiger partial charge on any atom is 0.160 e. The average Bonchev–Trinajstić information content (AvgIpc) is 3.66. The molecule has 0 bridgehead atoms. The van der Waals surface area contributed by atoms with E-state index in [9.17, 15) is 0 Å². The van der Waals surface area contributed by atoms with Gasteiger partial charge in [0.25, 0.3) is 0 Å². The van der Waals surface area contributed by atoms with Crippen LogP contribution in [0.25, 0.3) is 97.4 Å². The molecule has 0 amide bonds. The first-order valence-corrected chi connectivity index (χ1v) is 19.9. The summed E-state index contributed by atoms with van der Waals surface area (Å²) < 4.78 is 2.58. The van der Waals surface area contributed by atoms with Gasteiger partial charge in [0.15, 0.2) is 5.82 Å². The number of hydrogen-bond acceptors (Lipinski definition) is 3. The van der Waals surface area contributed by atoms with Gasteiger partial charge >= 0.3 is 0 Å². The van der Waals surface area contributed by atoms with E-state index in [0.717, 1.165) is 33.9 Å². The standard InChI is InChI=1S/C53H34N2S/c1-3-13-34(14-4-1)36-17-11-19-40(29-36)53-54-41(33-49(55-53)35-15-5-2-6-16-35)30-39-18-12-24-51-52(39)48-32-38(26-28-50(48)56-51)37-25-27-46-44-22-8-7-20-42(44)43-21-9-10-23-45(43)47(46)31-37/h1-29,31-33H,30H2. The Balaban J connectivity index is 1.04. The minimum Gasteiger partial charge on any atom is -0.233 e. The Kier molecular flexibility index (Phi) is 7.78. The van der Waals surface area contributed by atoms with E-state index in [2.05, 4.69) is 194 Å². The zero-order valence-corrected chi connectivity index (χ0v) is 31.3. The van der Waals surface area contributed by atoms with Crippen LogP contribution in [0, 0.1) is 0 Å². The van der Waals surface area contributed by atoms with E-state index >= 15 is 0 Å². The predicted molar refractivity (Wildman–Crippen MR) is 238 cm³/mol. The molecule has 56 heavy (non-hydrogen) atoms. The highest BCUT2D eigenvalue weighted by Gasteiger charge is 2.16. The molecule has 0 unspecified atom stereocenters. The van der Waals surface area contributed by atoms with Gasteiger partial charge in [-0.1, -0.05) is 158 Å². The summed E-state index contributed by atoms with van der Waals surface area (Å²) in [6.07, 6.45) is 0.691. The van der Waals surface area contributed by atoms with Crippen molar-refractivity contribution < 1.29 is 0 Å². The summed E-state index contributed by atoms with van der Waals surface area (Å²) in [5.74, 6) is 0.736. The number of aromatic nitrogens is 2. The normalized spacial score (nSPS) is 11.6. The van der Waals surface area contributed by atoms with Crippen LogP contribution in [0.3, 0.4) is 0 Å². The van der Waals surface area contributed by atoms with Gasteiger partial charge in [0.05, 0.1) is 5.69 Å². The minimum atomic E-state index is 0.691. The van der Waals surface area contributed by atoms with E-state index in [1.165, 1.54) is 74.7 Å². The van der Waals surface area contributed by atoms with Crippen LogP contribution in [0.5, 0.6) is 0 Å². The van der Waals surface area contributed by atoms with E-state index in [1.54, 1.807) is 0 Å². The van der Waals surface area contributed by atoms with Crippen molar-refractivity contribution in [3.63, 3.8) is 0 Å². The first-order valence-electron chi connectivity index (χ1n) is 19.1. The second-order valence-electron chi connectivity index (χ2n) is 14.5. The molecular formula is C53H34N2S. The lowest BCUT2D eigenvalue weighted by molar-refractivity contribution is 1.04. The van der Waals surface area contributed by atoms with Gasteiger partial charge < -0.3 is 0 Å². The summed E-state index contributed by atoms with van der Waals surface area (Å²) in [6.45, 7) is 0. The monoisotopic (exact) mass is 730 g/mol. The highest BCUT2D eigenvalue weighted by Crippen LogP contribution is 2.41. The fourth-order valence-corrected chi connectivity index (χ4v) is 9.59. The second kappa shape index (κ2) is 13.4. The highest BCUT2D eigenvalue weighted by molar-refractivity contribution is 7.25. The number of benzene rings is 9. The lowest BCUT2D eigenvalue weighted by Gasteiger charge is -2.12. The van der Waals surface area contributed by atoms with E-state index in [4.69, 9.17) is 9.97 Å². The van der Waals surface area contributed by atoms with Gasteiger partial charge in [-0.3, -0.25) is 0 Å². The quantitative estimate of drug-likeness (QED) is 0.159. The number of nitrogens with zero attached hydrogens (tertiary/aromatic N) is 2. The van der Waals surface area contributed by atoms with Crippen molar-refractivity contribution in [3.05, 3.63) is 205 Å². The molecule has 2 heterocycles. The summed E-state index contributed by atoms with van der Waals surface area (Å²) in [6, 6.07) is 70.0. The Morgan fingerprint density at radius 3 is 1.62 bits per heavy atom. The van der Waals surface area contributed by atoms with Crippen LogP contribution in [0.15, 0.2) is 194 Å². The Morgan fingerprint density at radius 1 is 0.339 bits per heavy atom. The topological polar surface area (TPSA) is 25.8 Å². The molecule has 262 valence electrons. The molecular weight excluding hydrogens is 697 g/mol. The van der Waals surface area contributed by atoms with Crippen LogP contribution >= 0.6 is 11.3 Å². The van der Waals surface area contributed by atoms with Crippen LogP contribution in [0.4, 0.5) is 0 Å². The molecule has 0 aliphatic carbocycles. The lowest BCUT2D eigenvalue weighted by Crippen LogP contribution is -2.00. The average molecular weight is 731 g/mol. The molecule has 0 aliphatic rings. The van der Waals surface area contributed by atoms with Crippen LogP contribution < -0.4 is 0 Å². The Hall–Kier alpha value is -6.94. The smallest absolute Gasteiger partial charge is 0.160 e. The first-order chi connectivity index (χ1) is 27.7. The van der Waals surface area contributed by atoms with E-state index in [1.807, 2.05) is 11.3 Å². The maximum atomic E-state index is 5.26. The predicted octanol–water partition coefficient (Wildman–Crippen LogP) is 14.6. The van der Waals surface area contributed by atoms with Crippen LogP contribution in [0.2, 0.25) is 0 Å². The Morgan fingerprint density at radius 2 is 0.893 bits per heavy atom. The van der Waals surface area contributed by atoms with Crippen LogP contribution in [0.1, 0.15) is 11.3 Å². The number of hydrogen-bond donors (Lipinski definition) is 0. The fourth-order valence-electron chi connectivity index (χ4n) is 8.45. The summed E-state index contributed by atoms with van der Waals surface area (Å²) in [5, 5.41) is 10.4. The van der Waals surface area contributed by atoms with Gasteiger partial charge in [-0.05, 0) is 96.5 Å². The summed E-state index contributed by atoms with van der Waals surface area (Å²) in [5.41, 5.74) is 10.0. The molecule has 0 spiro atoms. The third-order valence-corrected chi connectivity index (χ3v) is 12.2. The largest absolute Gasteiger partial charge is 0.233 e. The highest BCUT2D eigenvalue weighted by atomic mass is 32.1. The molecule has 0 radical (unpaired) electrons. The van der Waals surface area contributed by atoms with Crippen molar-refractivity contribution in [2.45, 2.75) is 6.42 Å². The van der Waals surface area contributed by atoms with Gasteiger partial charge in [0.2, 0.25) is 0 Å². The van der Waals surface area contributed by atoms with Gasteiger partial charge in [0.1, 0.15) is 0 Å². The molecule has 0 saturated heterocycles. The van der Waals surface area contributed by atoms with Crippen LogP contribution in [-0.2, 0) is 6.42 Å². The zero-order valence-electron chi connectivity index (χ0n) is 30.5. The summed E-state index contributed by atoms with van der Waals surface area (Å²) >= 11 is 1.86. The molecule has 0 aliphatic heterocycles. The molecule has 11 rings (SSSR count). The zero-order chi connectivity index (χ0) is 37.0. The molecule has 2 aromatic heterocycles. The fraction of sp³-hybridized carbons (Fsp3) is 0.0189. The van der Waals surface area contributed by atoms with Crippen molar-refractivity contribution in [2.75, 3.05) is 0 Å². The maximum absolute atomic E-state index is 5.26. The molecule has 2 nitrogen and oxygen atoms in total. The molecule has 3 heteroatoms. The molecule has 0 N–H and O–H groups in total. The number of fused-ring (bicyclic) bond motifs is 9. The summed E-state index contributed by atoms with van der Waals surface area (Å²) in [7, 11) is 0. The van der Waals surface area contributed by atoms with Crippen molar-refractivity contribution in [1.29, 1.82) is 0 Å². The molecule has 0 saturated carbocycles. The van der Waals surface area contributed by atoms with Gasteiger partial charge in [-0.25, -0.2) is 9.97 Å². The molecule has 11 aromatic rings. The van der Waals surface area contributed by atoms with Gasteiger partial charge in [-0.2, -0.15) is 0 Å². The Labute approximate surface area is 329 Å². The van der Waals surface area contributed by atoms with Crippen LogP contribution in [-0.4, -0.2) is 9.97 Å². The number of thiophene rings is 1. The Bertz CT molecular complexity index is 3240. The molecule has 0 fully saturated rings. The van der Waals surface area contributed by atoms with Crippen molar-refractivity contribution in [1.82, 2.24) is 9.97 Å². The van der Waals surface area contributed by atoms with E-state index in [0.29, 0.717) is 6.42 Å². The molecule has 0 atom stereocenters. The third-order valence-electron chi connectivity index (χ3n) is 11.1. The second-order valence-corrected chi connectivity index (χ2v) is 15.6.